The summed E-state index contributed by atoms with van der Waals surface area (Å²) in [6.07, 6.45) is 5.57. The zero-order chi connectivity index (χ0) is 10.5. The molecule has 1 unspecified atom stereocenters. The molecule has 1 N–H and O–H groups in total. The minimum absolute atomic E-state index is 0.839. The van der Waals surface area contributed by atoms with Gasteiger partial charge >= 0.3 is 0 Å². The zero-order valence-corrected chi connectivity index (χ0v) is 9.58. The third-order valence-electron chi connectivity index (χ3n) is 3.62. The van der Waals surface area contributed by atoms with Crippen LogP contribution in [0.3, 0.4) is 0 Å². The molecule has 0 aromatic heterocycles. The van der Waals surface area contributed by atoms with Crippen LogP contribution in [-0.4, -0.2) is 13.6 Å². The van der Waals surface area contributed by atoms with E-state index in [1.807, 2.05) is 0 Å². The van der Waals surface area contributed by atoms with Crippen LogP contribution in [0.25, 0.3) is 0 Å². The first-order valence-electron chi connectivity index (χ1n) is 6.08. The molecule has 0 aliphatic heterocycles. The fourth-order valence-electron chi connectivity index (χ4n) is 2.50. The monoisotopic (exact) mass is 203 g/mol. The highest BCUT2D eigenvalue weighted by Crippen LogP contribution is 2.34. The van der Waals surface area contributed by atoms with Crippen molar-refractivity contribution in [3.63, 3.8) is 0 Å². The Bertz CT molecular complexity index is 277. The molecule has 82 valence electrons. The van der Waals surface area contributed by atoms with Gasteiger partial charge in [-0.3, -0.25) is 0 Å². The quantitative estimate of drug-likeness (QED) is 0.776. The highest BCUT2D eigenvalue weighted by Gasteiger charge is 2.26. The minimum Gasteiger partial charge on any atom is -0.319 e. The predicted molar refractivity (Wildman–Crippen MR) is 64.9 cm³/mol. The molecule has 1 aromatic rings. The fraction of sp³-hybridized carbons (Fsp3) is 0.571. The molecule has 1 heteroatoms. The van der Waals surface area contributed by atoms with Gasteiger partial charge in [-0.15, -0.1) is 0 Å². The molecule has 0 heterocycles. The number of nitrogens with one attached hydrogen (secondary N) is 1. The van der Waals surface area contributed by atoms with Gasteiger partial charge in [0.2, 0.25) is 0 Å². The van der Waals surface area contributed by atoms with Crippen LogP contribution in [0.4, 0.5) is 0 Å². The van der Waals surface area contributed by atoms with Crippen molar-refractivity contribution in [2.45, 2.75) is 25.7 Å². The summed E-state index contributed by atoms with van der Waals surface area (Å²) in [6.45, 7) is 1.17. The van der Waals surface area contributed by atoms with Gasteiger partial charge in [-0.1, -0.05) is 49.6 Å². The first-order chi connectivity index (χ1) is 7.40. The lowest BCUT2D eigenvalue weighted by atomic mass is 9.73. The van der Waals surface area contributed by atoms with E-state index in [9.17, 15) is 0 Å². The van der Waals surface area contributed by atoms with Crippen molar-refractivity contribution in [3.05, 3.63) is 35.9 Å². The van der Waals surface area contributed by atoms with Crippen molar-refractivity contribution < 1.29 is 0 Å². The molecule has 1 fully saturated rings. The second-order valence-electron chi connectivity index (χ2n) is 4.70. The Kier molecular flexibility index (Phi) is 3.79. The van der Waals surface area contributed by atoms with E-state index in [0.29, 0.717) is 0 Å². The van der Waals surface area contributed by atoms with Crippen molar-refractivity contribution in [3.8, 4) is 0 Å². The van der Waals surface area contributed by atoms with E-state index in [4.69, 9.17) is 0 Å². The van der Waals surface area contributed by atoms with Gasteiger partial charge in [-0.05, 0) is 37.4 Å². The van der Waals surface area contributed by atoms with Crippen molar-refractivity contribution in [1.82, 2.24) is 5.32 Å². The largest absolute Gasteiger partial charge is 0.319 e. The molecular weight excluding hydrogens is 182 g/mol. The first kappa shape index (κ1) is 10.7. The maximum atomic E-state index is 3.34. The number of hydrogen-bond acceptors (Lipinski definition) is 1. The lowest BCUT2D eigenvalue weighted by Crippen LogP contribution is -2.31. The molecule has 0 spiro atoms. The second-order valence-corrected chi connectivity index (χ2v) is 4.70. The molecule has 0 saturated heterocycles. The van der Waals surface area contributed by atoms with Gasteiger partial charge in [0.15, 0.2) is 0 Å². The van der Waals surface area contributed by atoms with Gasteiger partial charge in [-0.2, -0.15) is 0 Å². The number of hydrogen-bond donors (Lipinski definition) is 1. The lowest BCUT2D eigenvalue weighted by molar-refractivity contribution is 0.202. The maximum Gasteiger partial charge on any atom is -0.00177 e. The molecule has 15 heavy (non-hydrogen) atoms. The number of benzene rings is 1. The fourth-order valence-corrected chi connectivity index (χ4v) is 2.50. The van der Waals surface area contributed by atoms with E-state index in [2.05, 4.69) is 42.7 Å². The van der Waals surface area contributed by atoms with Crippen molar-refractivity contribution in [1.29, 1.82) is 0 Å². The van der Waals surface area contributed by atoms with Crippen LogP contribution in [0.2, 0.25) is 0 Å². The molecule has 0 amide bonds. The highest BCUT2D eigenvalue weighted by atomic mass is 14.8. The molecule has 1 aliphatic carbocycles. The van der Waals surface area contributed by atoms with Crippen LogP contribution >= 0.6 is 0 Å². The van der Waals surface area contributed by atoms with E-state index >= 15 is 0 Å². The summed E-state index contributed by atoms with van der Waals surface area (Å²) in [5.41, 5.74) is 1.49. The third-order valence-corrected chi connectivity index (χ3v) is 3.62. The summed E-state index contributed by atoms with van der Waals surface area (Å²) in [5.74, 6) is 1.81. The van der Waals surface area contributed by atoms with Crippen molar-refractivity contribution in [2.75, 3.05) is 13.6 Å². The van der Waals surface area contributed by atoms with Gasteiger partial charge in [0.25, 0.3) is 0 Å². The Morgan fingerprint density at radius 1 is 1.27 bits per heavy atom. The Labute approximate surface area is 92.9 Å². The molecule has 0 radical (unpaired) electrons. The average Bonchev–Trinajstić information content (AvgIpc) is 2.17. The Morgan fingerprint density at radius 3 is 2.53 bits per heavy atom. The van der Waals surface area contributed by atoms with Gasteiger partial charge in [0, 0.05) is 0 Å². The molecule has 1 atom stereocenters. The second kappa shape index (κ2) is 5.32. The smallest absolute Gasteiger partial charge is 0.00177 e. The summed E-state index contributed by atoms with van der Waals surface area (Å²) < 4.78 is 0. The van der Waals surface area contributed by atoms with Crippen molar-refractivity contribution >= 4 is 0 Å². The summed E-state index contributed by atoms with van der Waals surface area (Å²) in [6, 6.07) is 10.9. The van der Waals surface area contributed by atoms with Crippen LogP contribution in [0.5, 0.6) is 0 Å². The predicted octanol–water partition coefficient (Wildman–Crippen LogP) is 2.86. The summed E-state index contributed by atoms with van der Waals surface area (Å²) in [7, 11) is 2.07. The van der Waals surface area contributed by atoms with Gasteiger partial charge in [0.05, 0.1) is 0 Å². The zero-order valence-electron chi connectivity index (χ0n) is 9.58. The van der Waals surface area contributed by atoms with E-state index < -0.39 is 0 Å². The molecule has 1 aliphatic rings. The third kappa shape index (κ3) is 2.82. The standard InChI is InChI=1S/C14H21N/c1-15-11-14(13-8-5-9-13)10-12-6-3-2-4-7-12/h2-4,6-7,13-15H,5,8-11H2,1H3. The van der Waals surface area contributed by atoms with Gasteiger partial charge in [-0.25, -0.2) is 0 Å². The maximum absolute atomic E-state index is 3.34. The average molecular weight is 203 g/mol. The highest BCUT2D eigenvalue weighted by molar-refractivity contribution is 5.15. The van der Waals surface area contributed by atoms with E-state index in [-0.39, 0.29) is 0 Å². The Hall–Kier alpha value is -0.820. The lowest BCUT2D eigenvalue weighted by Gasteiger charge is -2.34. The molecule has 1 nitrogen and oxygen atoms in total. The minimum atomic E-state index is 0.839. The van der Waals surface area contributed by atoms with Crippen LogP contribution < -0.4 is 5.32 Å². The van der Waals surface area contributed by atoms with E-state index in [0.717, 1.165) is 11.8 Å². The topological polar surface area (TPSA) is 12.0 Å². The molecule has 1 aromatic carbocycles. The van der Waals surface area contributed by atoms with Crippen LogP contribution in [0.1, 0.15) is 24.8 Å². The normalized spacial score (nSPS) is 18.5. The molecule has 0 bridgehead atoms. The molecule has 2 rings (SSSR count). The number of rotatable bonds is 5. The summed E-state index contributed by atoms with van der Waals surface area (Å²) in [5, 5.41) is 3.34. The van der Waals surface area contributed by atoms with E-state index in [1.54, 1.807) is 0 Å². The van der Waals surface area contributed by atoms with Crippen LogP contribution in [0, 0.1) is 11.8 Å². The first-order valence-corrected chi connectivity index (χ1v) is 6.08. The Morgan fingerprint density at radius 2 is 2.00 bits per heavy atom. The SMILES string of the molecule is CNCC(Cc1ccccc1)C1CCC1. The van der Waals surface area contributed by atoms with Crippen molar-refractivity contribution in [2.24, 2.45) is 11.8 Å². The summed E-state index contributed by atoms with van der Waals surface area (Å²) in [4.78, 5) is 0. The van der Waals surface area contributed by atoms with Crippen LogP contribution in [-0.2, 0) is 6.42 Å². The van der Waals surface area contributed by atoms with Gasteiger partial charge in [0.1, 0.15) is 0 Å². The molecular formula is C14H21N. The van der Waals surface area contributed by atoms with Gasteiger partial charge < -0.3 is 5.32 Å². The van der Waals surface area contributed by atoms with Crippen LogP contribution in [0.15, 0.2) is 30.3 Å². The summed E-state index contributed by atoms with van der Waals surface area (Å²) >= 11 is 0. The molecule has 1 saturated carbocycles. The van der Waals surface area contributed by atoms with E-state index in [1.165, 1.54) is 37.8 Å². The Balaban J connectivity index is 1.93.